The van der Waals surface area contributed by atoms with Crippen LogP contribution in [0.3, 0.4) is 0 Å². The van der Waals surface area contributed by atoms with Crippen molar-refractivity contribution in [2.24, 2.45) is 11.8 Å². The molecule has 6 nitrogen and oxygen atoms in total. The Balaban J connectivity index is 0.00000225. The maximum atomic E-state index is 12.7. The second-order valence-corrected chi connectivity index (χ2v) is 8.25. The summed E-state index contributed by atoms with van der Waals surface area (Å²) in [4.78, 5) is 16.9. The predicted octanol–water partition coefficient (Wildman–Crippen LogP) is 2.44. The number of hydrogen-bond acceptors (Lipinski definition) is 5. The highest BCUT2D eigenvalue weighted by molar-refractivity contribution is 5.85. The first-order valence-corrected chi connectivity index (χ1v) is 10.7. The van der Waals surface area contributed by atoms with Gasteiger partial charge in [0, 0.05) is 39.1 Å². The number of halogens is 2. The van der Waals surface area contributed by atoms with Crippen molar-refractivity contribution in [2.75, 3.05) is 52.4 Å². The highest BCUT2D eigenvalue weighted by atomic mass is 35.5. The Kier molecular flexibility index (Phi) is 12.7. The molecule has 2 aliphatic rings. The molecule has 1 aromatic rings. The number of nitrogens with zero attached hydrogens (tertiary/aromatic N) is 2. The molecule has 0 spiro atoms. The summed E-state index contributed by atoms with van der Waals surface area (Å²) in [7, 11) is 0. The van der Waals surface area contributed by atoms with Crippen LogP contribution in [0.4, 0.5) is 0 Å². The average Bonchev–Trinajstić information content (AvgIpc) is 2.74. The molecule has 172 valence electrons. The number of piperazine rings is 1. The third-order valence-electron chi connectivity index (χ3n) is 6.02. The molecule has 0 aliphatic carbocycles. The van der Waals surface area contributed by atoms with Crippen LogP contribution in [0.25, 0.3) is 0 Å². The average molecular weight is 462 g/mol. The molecule has 2 heterocycles. The van der Waals surface area contributed by atoms with Crippen molar-refractivity contribution in [1.82, 2.24) is 15.1 Å². The molecule has 1 amide bonds. The van der Waals surface area contributed by atoms with Crippen molar-refractivity contribution in [3.05, 3.63) is 30.3 Å². The molecule has 0 bridgehead atoms. The minimum Gasteiger partial charge on any atom is -0.491 e. The number of aliphatic hydroxyl groups is 1. The zero-order chi connectivity index (χ0) is 19.8. The van der Waals surface area contributed by atoms with Crippen LogP contribution < -0.4 is 10.1 Å². The summed E-state index contributed by atoms with van der Waals surface area (Å²) in [5.41, 5.74) is 0. The van der Waals surface area contributed by atoms with E-state index >= 15 is 0 Å². The molecule has 0 radical (unpaired) electrons. The van der Waals surface area contributed by atoms with Gasteiger partial charge >= 0.3 is 0 Å². The van der Waals surface area contributed by atoms with Gasteiger partial charge in [-0.05, 0) is 49.9 Å². The van der Waals surface area contributed by atoms with E-state index in [-0.39, 0.29) is 37.3 Å². The fraction of sp³-hybridized carbons (Fsp3) is 0.682. The Morgan fingerprint density at radius 1 is 1.20 bits per heavy atom. The molecule has 2 saturated heterocycles. The van der Waals surface area contributed by atoms with Gasteiger partial charge in [-0.3, -0.25) is 9.69 Å². The Morgan fingerprint density at radius 2 is 1.90 bits per heavy atom. The second-order valence-electron chi connectivity index (χ2n) is 8.25. The number of amides is 1. The lowest BCUT2D eigenvalue weighted by molar-refractivity contribution is -0.134. The van der Waals surface area contributed by atoms with E-state index in [0.717, 1.165) is 45.0 Å². The third-order valence-corrected chi connectivity index (χ3v) is 6.02. The van der Waals surface area contributed by atoms with E-state index < -0.39 is 6.10 Å². The highest BCUT2D eigenvalue weighted by Gasteiger charge is 2.27. The van der Waals surface area contributed by atoms with E-state index in [2.05, 4.69) is 17.1 Å². The maximum absolute atomic E-state index is 12.7. The van der Waals surface area contributed by atoms with Gasteiger partial charge in [0.05, 0.1) is 0 Å². The first-order chi connectivity index (χ1) is 13.6. The van der Waals surface area contributed by atoms with Gasteiger partial charge in [-0.2, -0.15) is 0 Å². The fourth-order valence-corrected chi connectivity index (χ4v) is 4.18. The number of β-amino-alcohol motifs (C(OH)–C–C–N with tert-alkyl or cyclic N) is 1. The fourth-order valence-electron chi connectivity index (χ4n) is 4.18. The maximum Gasteiger partial charge on any atom is 0.222 e. The Labute approximate surface area is 193 Å². The minimum atomic E-state index is -0.527. The largest absolute Gasteiger partial charge is 0.491 e. The van der Waals surface area contributed by atoms with E-state index in [0.29, 0.717) is 24.8 Å². The lowest BCUT2D eigenvalue weighted by Gasteiger charge is -2.36. The predicted molar refractivity (Wildman–Crippen MR) is 125 cm³/mol. The molecule has 3 unspecified atom stereocenters. The number of ether oxygens (including phenoxy) is 1. The van der Waals surface area contributed by atoms with Crippen molar-refractivity contribution in [3.63, 3.8) is 0 Å². The first kappa shape index (κ1) is 27.0. The standard InChI is InChI=1S/C22H35N3O3.2ClH/c1-18(19-6-5-9-23-15-19)14-22(27)25-12-10-24(11-13-25)16-20(26)17-28-21-7-3-2-4-8-21;;/h2-4,7-8,18-20,23,26H,5-6,9-17H2,1H3;2*1H. The van der Waals surface area contributed by atoms with Crippen molar-refractivity contribution >= 4 is 30.7 Å². The summed E-state index contributed by atoms with van der Waals surface area (Å²) < 4.78 is 5.62. The Bertz CT molecular complexity index is 595. The lowest BCUT2D eigenvalue weighted by Crippen LogP contribution is -2.51. The number of hydrogen-bond donors (Lipinski definition) is 2. The van der Waals surface area contributed by atoms with Crippen LogP contribution in [0.2, 0.25) is 0 Å². The summed E-state index contributed by atoms with van der Waals surface area (Å²) in [6.45, 7) is 8.37. The molecule has 0 aromatic heterocycles. The summed E-state index contributed by atoms with van der Waals surface area (Å²) in [6, 6.07) is 9.56. The number of piperidine rings is 1. The van der Waals surface area contributed by atoms with Gasteiger partial charge < -0.3 is 20.1 Å². The van der Waals surface area contributed by atoms with Crippen LogP contribution in [0.1, 0.15) is 26.2 Å². The topological polar surface area (TPSA) is 65.0 Å². The van der Waals surface area contributed by atoms with Crippen LogP contribution >= 0.6 is 24.8 Å². The molecular weight excluding hydrogens is 425 g/mol. The van der Waals surface area contributed by atoms with Gasteiger partial charge in [0.1, 0.15) is 18.5 Å². The lowest BCUT2D eigenvalue weighted by atomic mass is 9.85. The number of benzene rings is 1. The van der Waals surface area contributed by atoms with Crippen molar-refractivity contribution in [3.8, 4) is 5.75 Å². The normalized spacial score (nSPS) is 21.7. The zero-order valence-electron chi connectivity index (χ0n) is 17.9. The van der Waals surface area contributed by atoms with E-state index in [1.807, 2.05) is 35.2 Å². The minimum absolute atomic E-state index is 0. The van der Waals surface area contributed by atoms with E-state index in [1.54, 1.807) is 0 Å². The van der Waals surface area contributed by atoms with Crippen LogP contribution in [0, 0.1) is 11.8 Å². The number of para-hydroxylation sites is 1. The molecular formula is C22H37Cl2N3O3. The van der Waals surface area contributed by atoms with Crippen molar-refractivity contribution in [1.29, 1.82) is 0 Å². The monoisotopic (exact) mass is 461 g/mol. The van der Waals surface area contributed by atoms with E-state index in [9.17, 15) is 9.90 Å². The molecule has 2 fully saturated rings. The van der Waals surface area contributed by atoms with Gasteiger partial charge in [0.25, 0.3) is 0 Å². The SMILES string of the molecule is CC(CC(=O)N1CCN(CC(O)COc2ccccc2)CC1)C1CCCNC1.Cl.Cl. The zero-order valence-corrected chi connectivity index (χ0v) is 19.5. The van der Waals surface area contributed by atoms with Gasteiger partial charge in [0.15, 0.2) is 0 Å². The van der Waals surface area contributed by atoms with Gasteiger partial charge in [-0.15, -0.1) is 24.8 Å². The smallest absolute Gasteiger partial charge is 0.222 e. The number of rotatable bonds is 8. The summed E-state index contributed by atoms with van der Waals surface area (Å²) in [6.07, 6.45) is 2.58. The van der Waals surface area contributed by atoms with Crippen LogP contribution in [-0.2, 0) is 4.79 Å². The van der Waals surface area contributed by atoms with Crippen LogP contribution in [0.5, 0.6) is 5.75 Å². The van der Waals surface area contributed by atoms with Crippen LogP contribution in [0.15, 0.2) is 30.3 Å². The van der Waals surface area contributed by atoms with Crippen LogP contribution in [-0.4, -0.2) is 79.3 Å². The van der Waals surface area contributed by atoms with E-state index in [1.165, 1.54) is 12.8 Å². The number of carbonyl (C=O) groups excluding carboxylic acids is 1. The van der Waals surface area contributed by atoms with Gasteiger partial charge in [0.2, 0.25) is 5.91 Å². The molecule has 2 aliphatic heterocycles. The van der Waals surface area contributed by atoms with Gasteiger partial charge in [-0.1, -0.05) is 25.1 Å². The van der Waals surface area contributed by atoms with Gasteiger partial charge in [-0.25, -0.2) is 0 Å². The van der Waals surface area contributed by atoms with Crippen molar-refractivity contribution in [2.45, 2.75) is 32.3 Å². The second kappa shape index (κ2) is 14.1. The number of aliphatic hydroxyl groups excluding tert-OH is 1. The summed E-state index contributed by atoms with van der Waals surface area (Å²) in [5.74, 6) is 2.12. The summed E-state index contributed by atoms with van der Waals surface area (Å²) >= 11 is 0. The summed E-state index contributed by atoms with van der Waals surface area (Å²) in [5, 5.41) is 13.7. The first-order valence-electron chi connectivity index (χ1n) is 10.7. The molecule has 2 N–H and O–H groups in total. The van der Waals surface area contributed by atoms with E-state index in [4.69, 9.17) is 4.74 Å². The molecule has 1 aromatic carbocycles. The molecule has 3 atom stereocenters. The third kappa shape index (κ3) is 8.60. The molecule has 3 rings (SSSR count). The Hall–Kier alpha value is -1.05. The highest BCUT2D eigenvalue weighted by Crippen LogP contribution is 2.23. The number of carbonyl (C=O) groups is 1. The van der Waals surface area contributed by atoms with Crippen molar-refractivity contribution < 1.29 is 14.6 Å². The quantitative estimate of drug-likeness (QED) is 0.622. The molecule has 8 heteroatoms. The molecule has 0 saturated carbocycles. The molecule has 30 heavy (non-hydrogen) atoms. The number of nitrogens with one attached hydrogen (secondary N) is 1. The Morgan fingerprint density at radius 3 is 2.53 bits per heavy atom.